The van der Waals surface area contributed by atoms with Gasteiger partial charge in [0.2, 0.25) is 0 Å². The lowest BCUT2D eigenvalue weighted by Gasteiger charge is -2.04. The lowest BCUT2D eigenvalue weighted by molar-refractivity contribution is -0.453. The third-order valence-electron chi connectivity index (χ3n) is 4.49. The van der Waals surface area contributed by atoms with Crippen LogP contribution in [0.1, 0.15) is 23.0 Å². The summed E-state index contributed by atoms with van der Waals surface area (Å²) in [5, 5.41) is 5.29. The van der Waals surface area contributed by atoms with Crippen LogP contribution in [0.2, 0.25) is 0 Å². The molecule has 0 fully saturated rings. The van der Waals surface area contributed by atoms with Gasteiger partial charge in [-0.2, -0.15) is 0 Å². The Morgan fingerprint density at radius 1 is 1.21 bits per heavy atom. The summed E-state index contributed by atoms with van der Waals surface area (Å²) >= 11 is 1.61. The number of hydrogen-bond acceptors (Lipinski definition) is 4. The van der Waals surface area contributed by atoms with Crippen molar-refractivity contribution in [3.8, 4) is 5.75 Å². The number of anilines is 1. The van der Waals surface area contributed by atoms with Gasteiger partial charge in [-0.05, 0) is 60.8 Å². The molecule has 3 rings (SSSR count). The molecule has 152 valence electrons. The van der Waals surface area contributed by atoms with Gasteiger partial charge in [-0.25, -0.2) is 10.1 Å². The van der Waals surface area contributed by atoms with Gasteiger partial charge in [-0.15, -0.1) is 0 Å². The topological polar surface area (TPSA) is 77.3 Å². The lowest BCUT2D eigenvalue weighted by atomic mass is 10.1. The third-order valence-corrected chi connectivity index (χ3v) is 5.14. The number of H-pyrrole nitrogens is 1. The minimum Gasteiger partial charge on any atom is -0.497 e. The van der Waals surface area contributed by atoms with E-state index in [0.717, 1.165) is 33.1 Å². The van der Waals surface area contributed by atoms with E-state index in [1.165, 1.54) is 0 Å². The van der Waals surface area contributed by atoms with E-state index >= 15 is 0 Å². The molecule has 0 aliphatic carbocycles. The second-order valence-electron chi connectivity index (χ2n) is 6.31. The van der Waals surface area contributed by atoms with Crippen LogP contribution in [0.3, 0.4) is 0 Å². The van der Waals surface area contributed by atoms with E-state index in [2.05, 4.69) is 15.3 Å². The van der Waals surface area contributed by atoms with Crippen molar-refractivity contribution >= 4 is 39.5 Å². The largest absolute Gasteiger partial charge is 0.497 e. The predicted molar refractivity (Wildman–Crippen MR) is 119 cm³/mol. The number of fused-ring (bicyclic) bond motifs is 1. The Labute approximate surface area is 174 Å². The second kappa shape index (κ2) is 10.0. The fourth-order valence-corrected chi connectivity index (χ4v) is 3.58. The number of aromatic amines is 1. The van der Waals surface area contributed by atoms with Gasteiger partial charge in [0, 0.05) is 17.3 Å². The Balaban J connectivity index is 1.85. The average molecular weight is 413 g/mol. The molecule has 0 bridgehead atoms. The Kier molecular flexibility index (Phi) is 7.19. The summed E-state index contributed by atoms with van der Waals surface area (Å²) in [6, 6.07) is 15.7. The molecular weight excluding hydrogens is 386 g/mol. The smallest absolute Gasteiger partial charge is 0.355 e. The molecule has 0 saturated carbocycles. The third kappa shape index (κ3) is 5.12. The minimum absolute atomic E-state index is 0.334. The number of rotatable bonds is 7. The summed E-state index contributed by atoms with van der Waals surface area (Å²) in [4.78, 5) is 19.1. The average Bonchev–Trinajstić information content (AvgIpc) is 3.11. The second-order valence-corrected chi connectivity index (χ2v) is 7.13. The normalized spacial score (nSPS) is 11.5. The molecule has 0 amide bonds. The van der Waals surface area contributed by atoms with Crippen LogP contribution in [0, 0.1) is 0 Å². The van der Waals surface area contributed by atoms with Crippen LogP contribution in [-0.4, -0.2) is 42.6 Å². The molecular formula is C22H26N3O3S+. The molecule has 0 aliphatic rings. The number of carbonyl (C=O) groups excluding carboxylic acids is 1. The fraction of sp³-hybridized carbons (Fsp3) is 0.273. The van der Waals surface area contributed by atoms with Gasteiger partial charge in [0.05, 0.1) is 20.3 Å². The number of nitrogens with one attached hydrogen (secondary N) is 3. The molecule has 0 aliphatic heterocycles. The van der Waals surface area contributed by atoms with Crippen molar-refractivity contribution in [1.29, 1.82) is 0 Å². The molecule has 1 heterocycles. The summed E-state index contributed by atoms with van der Waals surface area (Å²) in [5.41, 5.74) is 3.33. The van der Waals surface area contributed by atoms with Gasteiger partial charge in [0.25, 0.3) is 0 Å². The molecule has 0 spiro atoms. The number of aromatic nitrogens is 1. The van der Waals surface area contributed by atoms with Crippen molar-refractivity contribution in [2.24, 2.45) is 0 Å². The summed E-state index contributed by atoms with van der Waals surface area (Å²) in [5.74, 6) is 0.414. The van der Waals surface area contributed by atoms with Crippen molar-refractivity contribution in [2.45, 2.75) is 13.3 Å². The quantitative estimate of drug-likeness (QED) is 0.316. The summed E-state index contributed by atoms with van der Waals surface area (Å²) in [6.07, 6.45) is 2.67. The molecule has 0 saturated heterocycles. The van der Waals surface area contributed by atoms with Gasteiger partial charge in [0.1, 0.15) is 17.1 Å². The van der Waals surface area contributed by atoms with Crippen LogP contribution in [0.15, 0.2) is 48.5 Å². The highest BCUT2D eigenvalue weighted by Gasteiger charge is 2.19. The van der Waals surface area contributed by atoms with E-state index in [4.69, 9.17) is 9.47 Å². The zero-order valence-corrected chi connectivity index (χ0v) is 17.7. The van der Waals surface area contributed by atoms with E-state index < -0.39 is 0 Å². The van der Waals surface area contributed by atoms with Crippen molar-refractivity contribution < 1.29 is 19.3 Å². The molecule has 7 heteroatoms. The van der Waals surface area contributed by atoms with Crippen LogP contribution >= 0.6 is 11.8 Å². The SMILES string of the molecule is CCOC(=O)c1[nH]c2ccc(OC)cc2c1CC[NH+]=C(Nc1ccccc1)SC. The number of ether oxygens (including phenoxy) is 2. The fourth-order valence-electron chi connectivity index (χ4n) is 3.11. The first kappa shape index (κ1) is 20.8. The Morgan fingerprint density at radius 3 is 2.69 bits per heavy atom. The number of amidine groups is 1. The summed E-state index contributed by atoms with van der Waals surface area (Å²) in [6.45, 7) is 2.80. The van der Waals surface area contributed by atoms with Crippen LogP contribution in [-0.2, 0) is 11.2 Å². The van der Waals surface area contributed by atoms with Gasteiger partial charge >= 0.3 is 11.1 Å². The maximum atomic E-state index is 12.5. The van der Waals surface area contributed by atoms with E-state index in [9.17, 15) is 4.79 Å². The van der Waals surface area contributed by atoms with E-state index in [-0.39, 0.29) is 5.97 Å². The Bertz CT molecular complexity index is 999. The maximum absolute atomic E-state index is 12.5. The summed E-state index contributed by atoms with van der Waals surface area (Å²) < 4.78 is 10.6. The van der Waals surface area contributed by atoms with Gasteiger partial charge in [-0.1, -0.05) is 18.2 Å². The molecule has 1 aromatic heterocycles. The highest BCUT2D eigenvalue weighted by Crippen LogP contribution is 2.27. The van der Waals surface area contributed by atoms with Gasteiger partial charge in [0.15, 0.2) is 0 Å². The molecule has 2 aromatic carbocycles. The number of esters is 1. The highest BCUT2D eigenvalue weighted by molar-refractivity contribution is 8.13. The molecule has 0 radical (unpaired) electrons. The van der Waals surface area contributed by atoms with Crippen molar-refractivity contribution in [1.82, 2.24) is 4.98 Å². The molecule has 6 nitrogen and oxygen atoms in total. The zero-order chi connectivity index (χ0) is 20.6. The number of hydrogen-bond donors (Lipinski definition) is 3. The van der Waals surface area contributed by atoms with Crippen LogP contribution < -0.4 is 15.0 Å². The summed E-state index contributed by atoms with van der Waals surface area (Å²) in [7, 11) is 1.64. The van der Waals surface area contributed by atoms with Crippen molar-refractivity contribution in [3.05, 3.63) is 59.8 Å². The van der Waals surface area contributed by atoms with Gasteiger partial charge < -0.3 is 14.5 Å². The lowest BCUT2D eigenvalue weighted by Crippen LogP contribution is -2.74. The number of methoxy groups -OCH3 is 1. The standard InChI is InChI=1S/C22H25N3O3S/c1-4-28-21(26)20-17(18-14-16(27-2)10-11-19(18)25-20)12-13-23-22(29-3)24-15-8-6-5-7-9-15/h5-11,14,25H,4,12-13H2,1-3H3,(H,23,24)/p+1. The Hall–Kier alpha value is -2.93. The molecule has 3 N–H and O–H groups in total. The number of para-hydroxylation sites is 1. The van der Waals surface area contributed by atoms with Crippen molar-refractivity contribution in [2.75, 3.05) is 31.8 Å². The number of carbonyl (C=O) groups is 1. The van der Waals surface area contributed by atoms with Crippen LogP contribution in [0.4, 0.5) is 5.69 Å². The monoisotopic (exact) mass is 412 g/mol. The van der Waals surface area contributed by atoms with Crippen LogP contribution in [0.25, 0.3) is 10.9 Å². The molecule has 0 atom stereocenters. The zero-order valence-electron chi connectivity index (χ0n) is 16.9. The Morgan fingerprint density at radius 2 is 2.00 bits per heavy atom. The first-order valence-corrected chi connectivity index (χ1v) is 10.7. The van der Waals surface area contributed by atoms with Crippen molar-refractivity contribution in [3.63, 3.8) is 0 Å². The minimum atomic E-state index is -0.339. The van der Waals surface area contributed by atoms with E-state index in [0.29, 0.717) is 25.3 Å². The number of benzene rings is 2. The first-order valence-electron chi connectivity index (χ1n) is 9.48. The predicted octanol–water partition coefficient (Wildman–Crippen LogP) is 2.81. The first-order chi connectivity index (χ1) is 14.2. The highest BCUT2D eigenvalue weighted by atomic mass is 32.2. The van der Waals surface area contributed by atoms with E-state index in [1.54, 1.807) is 25.8 Å². The number of thioether (sulfide) groups is 1. The van der Waals surface area contributed by atoms with Crippen LogP contribution in [0.5, 0.6) is 5.75 Å². The molecule has 29 heavy (non-hydrogen) atoms. The van der Waals surface area contributed by atoms with Gasteiger partial charge in [-0.3, -0.25) is 4.99 Å². The molecule has 3 aromatic rings. The maximum Gasteiger partial charge on any atom is 0.355 e. The molecule has 0 unspecified atom stereocenters. The van der Waals surface area contributed by atoms with E-state index in [1.807, 2.05) is 54.8 Å².